The standard InChI is InChI=1S/C18H14ClNO4S/c1-24-18(21)16-9-7-14(19)11-17(16)20-25(22,23)15-8-6-12-4-2-3-5-13(12)10-15/h2-11,20H,1H3. The van der Waals surface area contributed by atoms with Gasteiger partial charge in [-0.2, -0.15) is 0 Å². The molecule has 3 rings (SSSR count). The zero-order valence-electron chi connectivity index (χ0n) is 13.2. The fraction of sp³-hybridized carbons (Fsp3) is 0.0556. The molecule has 5 nitrogen and oxygen atoms in total. The third-order valence-corrected chi connectivity index (χ3v) is 5.26. The van der Waals surface area contributed by atoms with Gasteiger partial charge in [0.05, 0.1) is 23.3 Å². The van der Waals surface area contributed by atoms with Crippen molar-refractivity contribution >= 4 is 44.1 Å². The van der Waals surface area contributed by atoms with Crippen molar-refractivity contribution in [2.45, 2.75) is 4.90 Å². The highest BCUT2D eigenvalue weighted by molar-refractivity contribution is 7.92. The minimum atomic E-state index is -3.90. The van der Waals surface area contributed by atoms with Gasteiger partial charge in [-0.05, 0) is 41.1 Å². The van der Waals surface area contributed by atoms with Gasteiger partial charge in [0, 0.05) is 5.02 Å². The Morgan fingerprint density at radius 3 is 2.44 bits per heavy atom. The van der Waals surface area contributed by atoms with Crippen molar-refractivity contribution in [1.82, 2.24) is 0 Å². The first kappa shape index (κ1) is 17.3. The lowest BCUT2D eigenvalue weighted by molar-refractivity contribution is 0.0602. The number of benzene rings is 3. The van der Waals surface area contributed by atoms with Gasteiger partial charge in [-0.3, -0.25) is 4.72 Å². The molecule has 0 spiro atoms. The van der Waals surface area contributed by atoms with Crippen LogP contribution in [0.5, 0.6) is 0 Å². The molecule has 128 valence electrons. The summed E-state index contributed by atoms with van der Waals surface area (Å²) in [6.07, 6.45) is 0. The Morgan fingerprint density at radius 2 is 1.72 bits per heavy atom. The SMILES string of the molecule is COC(=O)c1ccc(Cl)cc1NS(=O)(=O)c1ccc2ccccc2c1. The number of esters is 1. The van der Waals surface area contributed by atoms with Crippen molar-refractivity contribution in [2.24, 2.45) is 0 Å². The molecular formula is C18H14ClNO4S. The average Bonchev–Trinajstić information content (AvgIpc) is 2.60. The Morgan fingerprint density at radius 1 is 1.00 bits per heavy atom. The van der Waals surface area contributed by atoms with Crippen molar-refractivity contribution in [3.63, 3.8) is 0 Å². The number of anilines is 1. The van der Waals surface area contributed by atoms with Gasteiger partial charge in [0.2, 0.25) is 0 Å². The smallest absolute Gasteiger partial charge is 0.339 e. The Balaban J connectivity index is 2.03. The first-order chi connectivity index (χ1) is 11.9. The van der Waals surface area contributed by atoms with Crippen LogP contribution in [0.15, 0.2) is 65.6 Å². The summed E-state index contributed by atoms with van der Waals surface area (Å²) in [7, 11) is -2.68. The number of ether oxygens (including phenoxy) is 1. The zero-order valence-corrected chi connectivity index (χ0v) is 14.8. The molecule has 25 heavy (non-hydrogen) atoms. The van der Waals surface area contributed by atoms with Crippen molar-refractivity contribution < 1.29 is 17.9 Å². The second-order valence-corrected chi connectivity index (χ2v) is 7.41. The van der Waals surface area contributed by atoms with Crippen molar-refractivity contribution in [3.8, 4) is 0 Å². The number of hydrogen-bond donors (Lipinski definition) is 1. The Kier molecular flexibility index (Phi) is 4.65. The molecule has 0 atom stereocenters. The topological polar surface area (TPSA) is 72.5 Å². The molecule has 0 radical (unpaired) electrons. The fourth-order valence-corrected chi connectivity index (χ4v) is 3.70. The maximum Gasteiger partial charge on any atom is 0.339 e. The van der Waals surface area contributed by atoms with Crippen LogP contribution in [-0.2, 0) is 14.8 Å². The fourth-order valence-electron chi connectivity index (χ4n) is 2.43. The highest BCUT2D eigenvalue weighted by Gasteiger charge is 2.20. The van der Waals surface area contributed by atoms with Gasteiger partial charge in [-0.15, -0.1) is 0 Å². The Hall–Kier alpha value is -2.57. The van der Waals surface area contributed by atoms with E-state index >= 15 is 0 Å². The lowest BCUT2D eigenvalue weighted by atomic mass is 10.1. The zero-order chi connectivity index (χ0) is 18.0. The number of sulfonamides is 1. The van der Waals surface area contributed by atoms with Crippen molar-refractivity contribution in [1.29, 1.82) is 0 Å². The molecule has 0 unspecified atom stereocenters. The summed E-state index contributed by atoms with van der Waals surface area (Å²) in [5.74, 6) is -0.659. The van der Waals surface area contributed by atoms with Crippen LogP contribution in [0.25, 0.3) is 10.8 Å². The van der Waals surface area contributed by atoms with Crippen LogP contribution in [-0.4, -0.2) is 21.5 Å². The van der Waals surface area contributed by atoms with Gasteiger partial charge in [0.15, 0.2) is 0 Å². The first-order valence-electron chi connectivity index (χ1n) is 7.30. The van der Waals surface area contributed by atoms with Gasteiger partial charge in [0.25, 0.3) is 10.0 Å². The summed E-state index contributed by atoms with van der Waals surface area (Å²) >= 11 is 5.93. The predicted octanol–water partition coefficient (Wildman–Crippen LogP) is 4.08. The van der Waals surface area contributed by atoms with E-state index in [0.717, 1.165) is 10.8 Å². The summed E-state index contributed by atoms with van der Waals surface area (Å²) in [5.41, 5.74) is 0.142. The van der Waals surface area contributed by atoms with E-state index in [0.29, 0.717) is 5.02 Å². The van der Waals surface area contributed by atoms with E-state index in [2.05, 4.69) is 9.46 Å². The van der Waals surface area contributed by atoms with Gasteiger partial charge >= 0.3 is 5.97 Å². The van der Waals surface area contributed by atoms with Gasteiger partial charge in [0.1, 0.15) is 0 Å². The van der Waals surface area contributed by atoms with E-state index in [-0.39, 0.29) is 16.1 Å². The monoisotopic (exact) mass is 375 g/mol. The summed E-state index contributed by atoms with van der Waals surface area (Å²) in [6, 6.07) is 16.5. The van der Waals surface area contributed by atoms with E-state index in [9.17, 15) is 13.2 Å². The molecule has 0 heterocycles. The van der Waals surface area contributed by atoms with E-state index in [4.69, 9.17) is 11.6 Å². The van der Waals surface area contributed by atoms with Gasteiger partial charge in [-0.1, -0.05) is 41.9 Å². The van der Waals surface area contributed by atoms with Crippen molar-refractivity contribution in [2.75, 3.05) is 11.8 Å². The number of carbonyl (C=O) groups is 1. The number of rotatable bonds is 4. The lowest BCUT2D eigenvalue weighted by Gasteiger charge is -2.12. The number of fused-ring (bicyclic) bond motifs is 1. The number of halogens is 1. The lowest BCUT2D eigenvalue weighted by Crippen LogP contribution is -2.16. The number of carbonyl (C=O) groups excluding carboxylic acids is 1. The van der Waals surface area contributed by atoms with Crippen LogP contribution in [0.2, 0.25) is 5.02 Å². The molecule has 7 heteroatoms. The van der Waals surface area contributed by atoms with Crippen LogP contribution in [0.1, 0.15) is 10.4 Å². The van der Waals surface area contributed by atoms with E-state index < -0.39 is 16.0 Å². The van der Waals surface area contributed by atoms with E-state index in [1.807, 2.05) is 24.3 Å². The summed E-state index contributed by atoms with van der Waals surface area (Å²) in [5, 5.41) is 2.02. The highest BCUT2D eigenvalue weighted by Crippen LogP contribution is 2.26. The van der Waals surface area contributed by atoms with Gasteiger partial charge < -0.3 is 4.74 Å². The maximum absolute atomic E-state index is 12.7. The van der Waals surface area contributed by atoms with Gasteiger partial charge in [-0.25, -0.2) is 13.2 Å². The number of nitrogens with one attached hydrogen (secondary N) is 1. The number of methoxy groups -OCH3 is 1. The quantitative estimate of drug-likeness (QED) is 0.697. The minimum absolute atomic E-state index is 0.0625. The van der Waals surface area contributed by atoms with Crippen LogP contribution in [0.3, 0.4) is 0 Å². The minimum Gasteiger partial charge on any atom is -0.465 e. The molecule has 0 saturated carbocycles. The first-order valence-corrected chi connectivity index (χ1v) is 9.16. The molecule has 3 aromatic rings. The molecule has 0 aromatic heterocycles. The molecular weight excluding hydrogens is 362 g/mol. The molecule has 0 amide bonds. The molecule has 0 aliphatic heterocycles. The van der Waals surface area contributed by atoms with Crippen LogP contribution >= 0.6 is 11.6 Å². The van der Waals surface area contributed by atoms with Crippen LogP contribution in [0.4, 0.5) is 5.69 Å². The summed E-state index contributed by atoms with van der Waals surface area (Å²) < 4.78 is 32.5. The van der Waals surface area contributed by atoms with Crippen molar-refractivity contribution in [3.05, 3.63) is 71.2 Å². The molecule has 3 aromatic carbocycles. The third kappa shape index (κ3) is 3.60. The summed E-state index contributed by atoms with van der Waals surface area (Å²) in [6.45, 7) is 0. The number of hydrogen-bond acceptors (Lipinski definition) is 4. The molecule has 0 aliphatic rings. The van der Waals surface area contributed by atoms with Crippen LogP contribution < -0.4 is 4.72 Å². The molecule has 0 fully saturated rings. The second kappa shape index (κ2) is 6.74. The second-order valence-electron chi connectivity index (χ2n) is 5.30. The summed E-state index contributed by atoms with van der Waals surface area (Å²) in [4.78, 5) is 11.9. The predicted molar refractivity (Wildman–Crippen MR) is 97.5 cm³/mol. The molecule has 0 aliphatic carbocycles. The molecule has 0 saturated heterocycles. The highest BCUT2D eigenvalue weighted by atomic mass is 35.5. The Labute approximate surface area is 150 Å². The van der Waals surface area contributed by atoms with E-state index in [1.54, 1.807) is 12.1 Å². The van der Waals surface area contributed by atoms with E-state index in [1.165, 1.54) is 31.4 Å². The Bertz CT molecular complexity index is 1060. The normalized spacial score (nSPS) is 11.3. The maximum atomic E-state index is 12.7. The average molecular weight is 376 g/mol. The molecule has 0 bridgehead atoms. The molecule has 1 N–H and O–H groups in total. The van der Waals surface area contributed by atoms with Crippen LogP contribution in [0, 0.1) is 0 Å². The third-order valence-electron chi connectivity index (χ3n) is 3.66. The largest absolute Gasteiger partial charge is 0.465 e.